The zero-order valence-electron chi connectivity index (χ0n) is 43.0. The average Bonchev–Trinajstić information content (AvgIpc) is 3.34. The van der Waals surface area contributed by atoms with E-state index in [1.54, 1.807) is 0 Å². The first-order valence-corrected chi connectivity index (χ1v) is 26.1. The van der Waals surface area contributed by atoms with Gasteiger partial charge in [0.05, 0.1) is 0 Å². The smallest absolute Gasteiger partial charge is 0.416 e. The topological polar surface area (TPSA) is 177 Å². The van der Waals surface area contributed by atoms with Crippen molar-refractivity contribution < 1.29 is 38.1 Å². The molecule has 14 nitrogen and oxygen atoms in total. The van der Waals surface area contributed by atoms with Gasteiger partial charge < -0.3 is 34.5 Å². The number of ether oxygens (including phenoxy) is 4. The highest BCUT2D eigenvalue weighted by Gasteiger charge is 2.44. The number of benzene rings is 2. The Labute approximate surface area is 413 Å². The van der Waals surface area contributed by atoms with Crippen LogP contribution in [0.1, 0.15) is 168 Å². The number of likely N-dealkylation sites (tertiary alicyclic amines) is 2. The normalized spacial score (nSPS) is 18.7. The van der Waals surface area contributed by atoms with Crippen LogP contribution in [0.25, 0.3) is 0 Å². The number of hydrogen-bond acceptors (Lipinski definition) is 10. The predicted molar refractivity (Wildman–Crippen MR) is 270 cm³/mol. The van der Waals surface area contributed by atoms with Gasteiger partial charge in [-0.15, -0.1) is 0 Å². The zero-order chi connectivity index (χ0) is 49.9. The van der Waals surface area contributed by atoms with E-state index in [0.717, 1.165) is 75.2 Å². The standard InChI is InChI=1S/C36H50N4O6.C19H36N2O2/c1-35(2,3)46-33(42)39-24-21-36(22-25-39,30-18-11-6-12-19-30)20-13-23-40(34(43)45-27-29-16-9-5-10-17-29)31(37)38-32(41)44-26-28-14-7-4-8-15-28;1-18(2,3)23-17(22)21-14-11-19(12-15-21,10-7-13-20)16-8-5-4-6-9-16/h4-5,7-10,14-17,30H,6,11-13,18-27H2,1-3H3,(H2,37,38,41);16H,4-15,20H2,1-3H3. The van der Waals surface area contributed by atoms with Gasteiger partial charge in [-0.25, -0.2) is 24.1 Å². The number of rotatable bonds is 13. The van der Waals surface area contributed by atoms with Crippen molar-refractivity contribution in [3.63, 3.8) is 0 Å². The van der Waals surface area contributed by atoms with Gasteiger partial charge in [-0.3, -0.25) is 10.7 Å². The van der Waals surface area contributed by atoms with Crippen LogP contribution in [-0.2, 0) is 32.2 Å². The second-order valence-corrected chi connectivity index (χ2v) is 22.1. The number of nitrogens with zero attached hydrogens (tertiary/aromatic N) is 3. The van der Waals surface area contributed by atoms with Crippen molar-refractivity contribution in [2.24, 2.45) is 28.4 Å². The Bertz CT molecular complexity index is 1890. The molecular weight excluding hydrogens is 873 g/mol. The molecule has 2 saturated heterocycles. The van der Waals surface area contributed by atoms with Gasteiger partial charge >= 0.3 is 24.4 Å². The fraction of sp³-hybridized carbons (Fsp3) is 0.691. The Balaban J connectivity index is 0.000000323. The zero-order valence-corrected chi connectivity index (χ0v) is 43.0. The maximum Gasteiger partial charge on any atom is 0.416 e. The molecule has 69 heavy (non-hydrogen) atoms. The number of nitrogens with one attached hydrogen (secondary N) is 2. The number of hydrogen-bond donors (Lipinski definition) is 3. The highest BCUT2D eigenvalue weighted by Crippen LogP contribution is 2.50. The van der Waals surface area contributed by atoms with Crippen molar-refractivity contribution in [3.05, 3.63) is 71.8 Å². The first-order chi connectivity index (χ1) is 32.9. The van der Waals surface area contributed by atoms with Crippen LogP contribution in [-0.4, -0.2) is 95.5 Å². The number of alkyl carbamates (subject to hydrolysis) is 1. The molecule has 2 saturated carbocycles. The third kappa shape index (κ3) is 17.8. The largest absolute Gasteiger partial charge is 0.444 e. The van der Waals surface area contributed by atoms with E-state index in [-0.39, 0.29) is 43.3 Å². The minimum Gasteiger partial charge on any atom is -0.444 e. The summed E-state index contributed by atoms with van der Waals surface area (Å²) in [7, 11) is 0. The lowest BCUT2D eigenvalue weighted by Crippen LogP contribution is -2.49. The number of piperidine rings is 2. The summed E-state index contributed by atoms with van der Waals surface area (Å²) in [4.78, 5) is 55.9. The van der Waals surface area contributed by atoms with Crippen molar-refractivity contribution in [2.45, 2.75) is 182 Å². The molecule has 0 radical (unpaired) electrons. The van der Waals surface area contributed by atoms with Gasteiger partial charge in [-0.05, 0) is 159 Å². The lowest BCUT2D eigenvalue weighted by Gasteiger charge is -2.48. The molecule has 2 aliphatic carbocycles. The summed E-state index contributed by atoms with van der Waals surface area (Å²) < 4.78 is 22.1. The van der Waals surface area contributed by atoms with Crippen LogP contribution in [0.4, 0.5) is 19.2 Å². The Morgan fingerprint density at radius 1 is 0.638 bits per heavy atom. The first kappa shape index (κ1) is 55.1. The third-order valence-corrected chi connectivity index (χ3v) is 14.8. The minimum absolute atomic E-state index is 0.0305. The van der Waals surface area contributed by atoms with Gasteiger partial charge in [0.2, 0.25) is 5.96 Å². The summed E-state index contributed by atoms with van der Waals surface area (Å²) in [6.07, 6.45) is 18.8. The van der Waals surface area contributed by atoms with Gasteiger partial charge in [0, 0.05) is 32.7 Å². The first-order valence-electron chi connectivity index (χ1n) is 26.1. The molecule has 2 aromatic carbocycles. The molecule has 6 rings (SSSR count). The molecule has 384 valence electrons. The number of amides is 4. The summed E-state index contributed by atoms with van der Waals surface area (Å²) in [5, 5.41) is 11.1. The minimum atomic E-state index is -0.817. The Morgan fingerprint density at radius 3 is 1.45 bits per heavy atom. The molecule has 4 N–H and O–H groups in total. The summed E-state index contributed by atoms with van der Waals surface area (Å²) in [5.41, 5.74) is 6.93. The van der Waals surface area contributed by atoms with Crippen LogP contribution in [0.3, 0.4) is 0 Å². The summed E-state index contributed by atoms with van der Waals surface area (Å²) in [6, 6.07) is 18.6. The van der Waals surface area contributed by atoms with E-state index in [1.807, 2.05) is 112 Å². The highest BCUT2D eigenvalue weighted by molar-refractivity contribution is 5.99. The van der Waals surface area contributed by atoms with Crippen LogP contribution in [0.5, 0.6) is 0 Å². The van der Waals surface area contributed by atoms with Gasteiger partial charge in [0.1, 0.15) is 24.4 Å². The van der Waals surface area contributed by atoms with E-state index in [1.165, 1.54) is 75.5 Å². The van der Waals surface area contributed by atoms with Crippen LogP contribution in [0, 0.1) is 28.1 Å². The molecule has 0 aromatic heterocycles. The number of guanidine groups is 1. The predicted octanol–water partition coefficient (Wildman–Crippen LogP) is 12.2. The fourth-order valence-electron chi connectivity index (χ4n) is 11.1. The molecule has 14 heteroatoms. The molecule has 4 aliphatic rings. The molecular formula is C55H86N6O8. The van der Waals surface area contributed by atoms with Crippen LogP contribution in [0.15, 0.2) is 60.7 Å². The van der Waals surface area contributed by atoms with E-state index >= 15 is 0 Å². The van der Waals surface area contributed by atoms with E-state index in [2.05, 4.69) is 5.32 Å². The monoisotopic (exact) mass is 959 g/mol. The summed E-state index contributed by atoms with van der Waals surface area (Å²) in [6.45, 7) is 15.5. The maximum atomic E-state index is 13.3. The quantitative estimate of drug-likeness (QED) is 0.100. The van der Waals surface area contributed by atoms with Crippen LogP contribution in [0.2, 0.25) is 0 Å². The molecule has 4 fully saturated rings. The lowest BCUT2D eigenvalue weighted by molar-refractivity contribution is -0.0106. The van der Waals surface area contributed by atoms with Crippen molar-refractivity contribution in [1.82, 2.24) is 20.0 Å². The lowest BCUT2D eigenvalue weighted by atomic mass is 9.62. The van der Waals surface area contributed by atoms with Crippen molar-refractivity contribution >= 4 is 30.3 Å². The fourth-order valence-corrected chi connectivity index (χ4v) is 11.1. The number of nitrogens with two attached hydrogens (primary N) is 1. The second kappa shape index (κ2) is 26.4. The summed E-state index contributed by atoms with van der Waals surface area (Å²) in [5.74, 6) is 0.997. The highest BCUT2D eigenvalue weighted by atomic mass is 16.6. The van der Waals surface area contributed by atoms with E-state index in [4.69, 9.17) is 30.1 Å². The molecule has 0 spiro atoms. The van der Waals surface area contributed by atoms with Gasteiger partial charge in [-0.2, -0.15) is 0 Å². The number of carbonyl (C=O) groups excluding carboxylic acids is 4. The molecule has 2 aliphatic heterocycles. The van der Waals surface area contributed by atoms with Crippen molar-refractivity contribution in [3.8, 4) is 0 Å². The maximum absolute atomic E-state index is 13.3. The van der Waals surface area contributed by atoms with E-state index < -0.39 is 23.4 Å². The van der Waals surface area contributed by atoms with Crippen molar-refractivity contribution in [2.75, 3.05) is 39.3 Å². The molecule has 0 atom stereocenters. The Kier molecular flexibility index (Phi) is 21.1. The van der Waals surface area contributed by atoms with Gasteiger partial charge in [0.25, 0.3) is 0 Å². The van der Waals surface area contributed by atoms with E-state index in [0.29, 0.717) is 30.8 Å². The van der Waals surface area contributed by atoms with Crippen LogP contribution < -0.4 is 11.1 Å². The molecule has 0 unspecified atom stereocenters. The van der Waals surface area contributed by atoms with Crippen LogP contribution >= 0.6 is 0 Å². The Morgan fingerprint density at radius 2 is 1.04 bits per heavy atom. The molecule has 2 heterocycles. The molecule has 4 amide bonds. The van der Waals surface area contributed by atoms with E-state index in [9.17, 15) is 19.2 Å². The average molecular weight is 959 g/mol. The molecule has 2 aromatic rings. The third-order valence-electron chi connectivity index (χ3n) is 14.8. The number of carbonyl (C=O) groups is 4. The molecule has 0 bridgehead atoms. The Hall–Kier alpha value is -4.85. The SMILES string of the molecule is CC(C)(C)OC(=O)N1CCC(CCCN(C(=N)NC(=O)OCc2ccccc2)C(=O)OCc2ccccc2)(C2CCCCC2)CC1.CC(C)(C)OC(=O)N1CCC(CCCN)(C2CCCCC2)CC1. The van der Waals surface area contributed by atoms with Gasteiger partial charge in [0.15, 0.2) is 0 Å². The van der Waals surface area contributed by atoms with Crippen molar-refractivity contribution in [1.29, 1.82) is 5.41 Å². The second-order valence-electron chi connectivity index (χ2n) is 22.1. The summed E-state index contributed by atoms with van der Waals surface area (Å²) >= 11 is 0. The van der Waals surface area contributed by atoms with Gasteiger partial charge in [-0.1, -0.05) is 99.2 Å².